The van der Waals surface area contributed by atoms with E-state index in [9.17, 15) is 132 Å². The van der Waals surface area contributed by atoms with Crippen molar-refractivity contribution in [1.29, 1.82) is 0 Å². The number of hydrogen-bond acceptors (Lipinski definition) is 32. The topological polar surface area (TPSA) is 611 Å². The second kappa shape index (κ2) is 28.3. The molecule has 2 amide bonds. The maximum atomic E-state index is 13.0. The number of carboxylic acids is 2. The number of ether oxygens (including phenoxy) is 8. The predicted octanol–water partition coefficient (Wildman–Crippen LogP) is -15.6. The molecule has 4 heterocycles. The Morgan fingerprint density at radius 3 is 1.43 bits per heavy atom. The smallest absolute Gasteiger partial charge is 0.364 e. The molecular weight excluding hydrogens is 1050 g/mol. The Labute approximate surface area is 427 Å². The van der Waals surface area contributed by atoms with E-state index in [1.807, 2.05) is 10.6 Å². The van der Waals surface area contributed by atoms with Gasteiger partial charge in [0.05, 0.1) is 63.9 Å². The Balaban J connectivity index is 1.77. The van der Waals surface area contributed by atoms with E-state index in [0.717, 1.165) is 0 Å². The first-order valence-corrected chi connectivity index (χ1v) is 23.1. The molecule has 4 aliphatic rings. The molecule has 24 N–H and O–H groups in total. The van der Waals surface area contributed by atoms with Crippen molar-refractivity contribution in [2.75, 3.05) is 52.9 Å². The van der Waals surface area contributed by atoms with E-state index in [-0.39, 0.29) is 0 Å². The van der Waals surface area contributed by atoms with Crippen LogP contribution in [0.1, 0.15) is 12.8 Å². The van der Waals surface area contributed by atoms with Gasteiger partial charge in [-0.05, 0) is 0 Å². The summed E-state index contributed by atoms with van der Waals surface area (Å²) in [5.41, 5.74) is 0. The molecule has 36 heteroatoms. The van der Waals surface area contributed by atoms with E-state index in [1.54, 1.807) is 0 Å². The minimum Gasteiger partial charge on any atom is -0.477 e. The summed E-state index contributed by atoms with van der Waals surface area (Å²) < 4.78 is 44.6. The summed E-state index contributed by atoms with van der Waals surface area (Å²) in [4.78, 5) is 50.3. The number of carbonyl (C=O) groups is 4. The highest BCUT2D eigenvalue weighted by atomic mass is 16.8. The van der Waals surface area contributed by atoms with Gasteiger partial charge in [0.25, 0.3) is 11.6 Å². The second-order valence-corrected chi connectivity index (χ2v) is 18.1. The lowest BCUT2D eigenvalue weighted by Gasteiger charge is -2.51. The fraction of sp³-hybridized carbons (Fsp3) is 0.900. The number of carboxylic acid groups (broad SMARTS) is 2. The van der Waals surface area contributed by atoms with Crippen molar-refractivity contribution in [3.8, 4) is 0 Å². The average molecular weight is 1120 g/mol. The molecule has 36 nitrogen and oxygen atoms in total. The van der Waals surface area contributed by atoms with E-state index < -0.39 is 248 Å². The van der Waals surface area contributed by atoms with Crippen molar-refractivity contribution in [2.24, 2.45) is 0 Å². The number of aliphatic hydroxyl groups is 20. The lowest BCUT2D eigenvalue weighted by Crippen LogP contribution is -2.71. The number of rotatable bonds is 27. The molecule has 0 aromatic carbocycles. The largest absolute Gasteiger partial charge is 0.477 e. The number of carbonyl (C=O) groups excluding carboxylic acids is 2. The number of nitrogens with one attached hydrogen (secondary N) is 2. The van der Waals surface area contributed by atoms with Crippen molar-refractivity contribution < 1.29 is 169 Å². The Kier molecular flexibility index (Phi) is 24.3. The van der Waals surface area contributed by atoms with Crippen LogP contribution in [0, 0.1) is 0 Å². The van der Waals surface area contributed by atoms with Crippen LogP contribution < -0.4 is 10.6 Å². The molecule has 0 aliphatic carbocycles. The zero-order chi connectivity index (χ0) is 57.3. The summed E-state index contributed by atoms with van der Waals surface area (Å²) in [5, 5.41) is 235. The molecule has 76 heavy (non-hydrogen) atoms. The van der Waals surface area contributed by atoms with Gasteiger partial charge in [0.15, 0.2) is 12.6 Å². The molecule has 4 rings (SSSR count). The highest BCUT2D eigenvalue weighted by molar-refractivity contribution is 5.79. The van der Waals surface area contributed by atoms with Crippen LogP contribution in [0.5, 0.6) is 0 Å². The van der Waals surface area contributed by atoms with Gasteiger partial charge in [0, 0.05) is 12.8 Å². The lowest BCUT2D eigenvalue weighted by atomic mass is 9.88. The number of aliphatic hydroxyl groups excluding tert-OH is 20. The first-order chi connectivity index (χ1) is 35.7. The van der Waals surface area contributed by atoms with Gasteiger partial charge in [-0.2, -0.15) is 0 Å². The predicted molar refractivity (Wildman–Crippen MR) is 229 cm³/mol. The van der Waals surface area contributed by atoms with Gasteiger partial charge in [0.2, 0.25) is 11.8 Å². The van der Waals surface area contributed by atoms with Crippen LogP contribution in [-0.2, 0) is 57.1 Å². The third kappa shape index (κ3) is 14.6. The molecule has 0 aromatic rings. The number of hydrogen-bond donors (Lipinski definition) is 24. The molecule has 4 fully saturated rings. The summed E-state index contributed by atoms with van der Waals surface area (Å²) in [7, 11) is 0. The van der Waals surface area contributed by atoms with Gasteiger partial charge in [0.1, 0.15) is 123 Å². The standard InChI is InChI=1S/C40H68N2O34/c43-3-13(52)23(58)30(16(55)6-46)72-35-28(63)33(27(62)18(71-35)10-69-39(37(65)66)1-11(50)21(41-19(56)8-48)31(74-39)24(59)14(53)4-44)73-36-29(64)34(26(61)17(7-47)70-36)76-40(38(67)68)2-12(51)22(42-20(57)9-49)32(75-40)25(60)15(54)5-45/h11-18,21-36,43-55,58-64H,1-10H2,(H,41,56)(H,42,57)(H,65,66)(H,67,68)/t11-,12-,13-,14+,15+,16+,17+,18+,21+,22+,23+,24+,25+,26-,27-,28+,29+,30+,31+,32+,33-,34-,35-,36-,39+,40-/m0/s1. The Morgan fingerprint density at radius 1 is 0.553 bits per heavy atom. The molecule has 0 bridgehead atoms. The van der Waals surface area contributed by atoms with E-state index in [1.165, 1.54) is 0 Å². The van der Waals surface area contributed by atoms with E-state index in [2.05, 4.69) is 0 Å². The average Bonchev–Trinajstić information content (AvgIpc) is 3.40. The zero-order valence-corrected chi connectivity index (χ0v) is 39.7. The fourth-order valence-electron chi connectivity index (χ4n) is 8.71. The minimum atomic E-state index is -3.36. The van der Waals surface area contributed by atoms with Crippen molar-refractivity contribution in [1.82, 2.24) is 10.6 Å². The van der Waals surface area contributed by atoms with Crippen LogP contribution in [0.3, 0.4) is 0 Å². The SMILES string of the molecule is O=C(CO)N[C@H]1[C@H]([C@H](O)[C@H](O)CO)O[C@@](OC[C@H]2O[C@@H](O[C@@H]([C@H](O)[C@@H](O)CO)[C@H](O)CO)[C@H](O)[C@@H](O[C@@H]3O[C@H](CO)[C@H](O)[C@H](O[C@]4(C(=O)O)C[C@H](O)[C@@H](NC(=O)CO)[C@H]([C@H](O)[C@H](O)CO)O4)[C@H]3O)[C@H]2O)(C(=O)O)C[C@@H]1O. The van der Waals surface area contributed by atoms with Crippen molar-refractivity contribution in [3.63, 3.8) is 0 Å². The van der Waals surface area contributed by atoms with Crippen LogP contribution >= 0.6 is 0 Å². The van der Waals surface area contributed by atoms with Crippen molar-refractivity contribution in [2.45, 2.75) is 171 Å². The van der Waals surface area contributed by atoms with Gasteiger partial charge in [-0.1, -0.05) is 0 Å². The Morgan fingerprint density at radius 2 is 0.987 bits per heavy atom. The van der Waals surface area contributed by atoms with Gasteiger partial charge in [-0.25, -0.2) is 9.59 Å². The molecule has 0 radical (unpaired) electrons. The lowest BCUT2D eigenvalue weighted by molar-refractivity contribution is -0.392. The molecule has 0 saturated carbocycles. The first kappa shape index (κ1) is 65.3. The summed E-state index contributed by atoms with van der Waals surface area (Å²) in [6, 6.07) is -3.72. The van der Waals surface area contributed by atoms with Gasteiger partial charge >= 0.3 is 11.9 Å². The number of aliphatic carboxylic acids is 2. The fourth-order valence-corrected chi connectivity index (χ4v) is 8.71. The third-order valence-electron chi connectivity index (χ3n) is 12.9. The molecule has 0 spiro atoms. The van der Waals surface area contributed by atoms with E-state index >= 15 is 0 Å². The van der Waals surface area contributed by atoms with E-state index in [4.69, 9.17) is 37.9 Å². The van der Waals surface area contributed by atoms with Gasteiger partial charge in [-0.3, -0.25) is 9.59 Å². The monoisotopic (exact) mass is 1120 g/mol. The summed E-state index contributed by atoms with van der Waals surface area (Å²) >= 11 is 0. The summed E-state index contributed by atoms with van der Waals surface area (Å²) in [5.74, 6) is -13.3. The van der Waals surface area contributed by atoms with Crippen LogP contribution in [0.15, 0.2) is 0 Å². The maximum absolute atomic E-state index is 13.0. The molecular formula is C40H68N2O34. The zero-order valence-electron chi connectivity index (χ0n) is 39.7. The highest BCUT2D eigenvalue weighted by Crippen LogP contribution is 2.40. The van der Waals surface area contributed by atoms with Crippen LogP contribution in [-0.4, -0.2) is 347 Å². The first-order valence-electron chi connectivity index (χ1n) is 23.1. The van der Waals surface area contributed by atoms with Crippen LogP contribution in [0.2, 0.25) is 0 Å². The summed E-state index contributed by atoms with van der Waals surface area (Å²) in [6.07, 6.45) is -53.5. The molecule has 0 aromatic heterocycles. The highest BCUT2D eigenvalue weighted by Gasteiger charge is 2.62. The summed E-state index contributed by atoms with van der Waals surface area (Å²) in [6.45, 7) is -9.99. The van der Waals surface area contributed by atoms with Gasteiger partial charge < -0.3 is 161 Å². The molecule has 442 valence electrons. The molecule has 4 saturated heterocycles. The Bertz CT molecular complexity index is 1860. The molecule has 26 atom stereocenters. The second-order valence-electron chi connectivity index (χ2n) is 18.1. The Hall–Kier alpha value is -3.24. The minimum absolute atomic E-state index is 1.20. The van der Waals surface area contributed by atoms with Crippen molar-refractivity contribution >= 4 is 23.8 Å². The maximum Gasteiger partial charge on any atom is 0.364 e. The van der Waals surface area contributed by atoms with Gasteiger partial charge in [-0.15, -0.1) is 0 Å². The quantitative estimate of drug-likeness (QED) is 0.0363. The molecule has 4 aliphatic heterocycles. The third-order valence-corrected chi connectivity index (χ3v) is 12.9. The van der Waals surface area contributed by atoms with Crippen LogP contribution in [0.4, 0.5) is 0 Å². The van der Waals surface area contributed by atoms with Crippen LogP contribution in [0.25, 0.3) is 0 Å². The van der Waals surface area contributed by atoms with E-state index in [0.29, 0.717) is 0 Å². The van der Waals surface area contributed by atoms with Crippen molar-refractivity contribution in [3.05, 3.63) is 0 Å². The normalized spacial score (nSPS) is 39.4. The number of amides is 2. The molecule has 0 unspecified atom stereocenters.